The van der Waals surface area contributed by atoms with Crippen LogP contribution in [0.5, 0.6) is 0 Å². The van der Waals surface area contributed by atoms with Crippen molar-refractivity contribution in [2.24, 2.45) is 0 Å². The summed E-state index contributed by atoms with van der Waals surface area (Å²) >= 11 is 7.39. The Kier molecular flexibility index (Phi) is 4.94. The molecule has 2 N–H and O–H groups in total. The Bertz CT molecular complexity index is 694. The number of aliphatic hydroxyl groups excluding tert-OH is 1. The fourth-order valence-electron chi connectivity index (χ4n) is 1.62. The molecule has 0 aliphatic heterocycles. The van der Waals surface area contributed by atoms with Gasteiger partial charge in [-0.25, -0.2) is 9.78 Å². The van der Waals surface area contributed by atoms with E-state index < -0.39 is 24.5 Å². The van der Waals surface area contributed by atoms with Crippen LogP contribution in [0.2, 0.25) is 5.15 Å². The summed E-state index contributed by atoms with van der Waals surface area (Å²) in [6.45, 7) is -0.547. The first-order valence-electron chi connectivity index (χ1n) is 5.85. The minimum atomic E-state index is -1.10. The van der Waals surface area contributed by atoms with Crippen LogP contribution >= 0.6 is 22.9 Å². The van der Waals surface area contributed by atoms with Gasteiger partial charge in [0.15, 0.2) is 16.2 Å². The quantitative estimate of drug-likeness (QED) is 0.622. The van der Waals surface area contributed by atoms with Gasteiger partial charge in [0.2, 0.25) is 5.91 Å². The number of carbonyl (C=O) groups excluding carboxylic acids is 2. The third-order valence-electron chi connectivity index (χ3n) is 2.63. The lowest BCUT2D eigenvalue weighted by Crippen LogP contribution is -2.43. The van der Waals surface area contributed by atoms with Crippen molar-refractivity contribution in [3.63, 3.8) is 0 Å². The summed E-state index contributed by atoms with van der Waals surface area (Å²) < 4.78 is 6.19. The number of hydrogen-bond donors (Lipinski definition) is 2. The van der Waals surface area contributed by atoms with Crippen LogP contribution in [0.1, 0.15) is 5.69 Å². The number of aliphatic hydroxyl groups is 1. The molecule has 2 aromatic heterocycles. The molecule has 2 heterocycles. The van der Waals surface area contributed by atoms with Crippen LogP contribution in [-0.4, -0.2) is 46.1 Å². The second-order valence-electron chi connectivity index (χ2n) is 3.94. The molecule has 0 aliphatic rings. The monoisotopic (exact) mass is 329 g/mol. The smallest absolute Gasteiger partial charge is 0.330 e. The second-order valence-corrected chi connectivity index (χ2v) is 5.17. The van der Waals surface area contributed by atoms with Gasteiger partial charge in [-0.15, -0.1) is 11.3 Å². The molecule has 7 nitrogen and oxygen atoms in total. The lowest BCUT2D eigenvalue weighted by molar-refractivity contribution is -0.145. The fourth-order valence-corrected chi connectivity index (χ4v) is 2.63. The van der Waals surface area contributed by atoms with Crippen LogP contribution in [0, 0.1) is 0 Å². The second kappa shape index (κ2) is 6.70. The molecule has 1 amide bonds. The lowest BCUT2D eigenvalue weighted by atomic mass is 10.3. The van der Waals surface area contributed by atoms with Gasteiger partial charge in [0.1, 0.15) is 0 Å². The Morgan fingerprint density at radius 2 is 2.43 bits per heavy atom. The molecule has 1 unspecified atom stereocenters. The largest absolute Gasteiger partial charge is 0.467 e. The number of aromatic nitrogens is 2. The molecule has 0 spiro atoms. The van der Waals surface area contributed by atoms with Crippen molar-refractivity contribution in [1.29, 1.82) is 0 Å². The van der Waals surface area contributed by atoms with E-state index in [1.54, 1.807) is 10.6 Å². The fraction of sp³-hybridized carbons (Fsp3) is 0.250. The molecular weight excluding hydrogens is 318 g/mol. The van der Waals surface area contributed by atoms with Crippen LogP contribution in [0.15, 0.2) is 17.7 Å². The van der Waals surface area contributed by atoms with Gasteiger partial charge >= 0.3 is 5.97 Å². The van der Waals surface area contributed by atoms with Crippen molar-refractivity contribution in [1.82, 2.24) is 14.7 Å². The van der Waals surface area contributed by atoms with E-state index in [2.05, 4.69) is 15.0 Å². The number of methoxy groups -OCH3 is 1. The number of thiazole rings is 1. The molecule has 0 fully saturated rings. The van der Waals surface area contributed by atoms with Gasteiger partial charge in [0.05, 0.1) is 19.4 Å². The number of fused-ring (bicyclic) bond motifs is 1. The molecule has 21 heavy (non-hydrogen) atoms. The summed E-state index contributed by atoms with van der Waals surface area (Å²) in [7, 11) is 1.17. The predicted octanol–water partition coefficient (Wildman–Crippen LogP) is 0.712. The first-order valence-corrected chi connectivity index (χ1v) is 7.11. The van der Waals surface area contributed by atoms with E-state index in [0.717, 1.165) is 0 Å². The van der Waals surface area contributed by atoms with Crippen molar-refractivity contribution >= 4 is 45.9 Å². The number of amides is 1. The lowest BCUT2D eigenvalue weighted by Gasteiger charge is -2.11. The van der Waals surface area contributed by atoms with Gasteiger partial charge in [-0.3, -0.25) is 9.20 Å². The van der Waals surface area contributed by atoms with E-state index in [1.165, 1.54) is 30.6 Å². The highest BCUT2D eigenvalue weighted by molar-refractivity contribution is 7.15. The Balaban J connectivity index is 2.10. The van der Waals surface area contributed by atoms with E-state index in [9.17, 15) is 9.59 Å². The van der Waals surface area contributed by atoms with Crippen LogP contribution in [0.25, 0.3) is 11.0 Å². The average molecular weight is 330 g/mol. The first-order chi connectivity index (χ1) is 10.1. The maximum Gasteiger partial charge on any atom is 0.330 e. The molecule has 1 atom stereocenters. The highest BCUT2D eigenvalue weighted by Gasteiger charge is 2.19. The number of hydrogen-bond acceptors (Lipinski definition) is 6. The number of nitrogens with zero attached hydrogens (tertiary/aromatic N) is 2. The number of nitrogens with one attached hydrogen (secondary N) is 1. The molecule has 0 saturated heterocycles. The highest BCUT2D eigenvalue weighted by atomic mass is 35.5. The Morgan fingerprint density at radius 3 is 3.10 bits per heavy atom. The summed E-state index contributed by atoms with van der Waals surface area (Å²) in [6, 6.07) is -1.10. The Labute approximate surface area is 128 Å². The van der Waals surface area contributed by atoms with Gasteiger partial charge in [-0.1, -0.05) is 11.6 Å². The van der Waals surface area contributed by atoms with Gasteiger partial charge in [-0.2, -0.15) is 0 Å². The predicted molar refractivity (Wildman–Crippen MR) is 78.1 cm³/mol. The zero-order valence-corrected chi connectivity index (χ0v) is 12.5. The van der Waals surface area contributed by atoms with E-state index in [-0.39, 0.29) is 5.15 Å². The van der Waals surface area contributed by atoms with Crippen molar-refractivity contribution in [2.45, 2.75) is 6.04 Å². The number of halogens is 1. The first kappa shape index (κ1) is 15.5. The zero-order valence-electron chi connectivity index (χ0n) is 10.9. The molecule has 0 radical (unpaired) electrons. The molecule has 9 heteroatoms. The third-order valence-corrected chi connectivity index (χ3v) is 3.67. The SMILES string of the molecule is COC(=O)C(CO)NC(=O)/C=C/c1c(Cl)nc2sccn12. The molecular formula is C12H12ClN3O4S. The van der Waals surface area contributed by atoms with E-state index >= 15 is 0 Å². The van der Waals surface area contributed by atoms with Crippen molar-refractivity contribution in [3.8, 4) is 0 Å². The molecule has 112 valence electrons. The van der Waals surface area contributed by atoms with Crippen LogP contribution in [-0.2, 0) is 14.3 Å². The highest BCUT2D eigenvalue weighted by Crippen LogP contribution is 2.22. The number of imidazole rings is 1. The maximum atomic E-state index is 11.7. The van der Waals surface area contributed by atoms with Gasteiger partial charge < -0.3 is 15.2 Å². The van der Waals surface area contributed by atoms with E-state index in [4.69, 9.17) is 16.7 Å². The average Bonchev–Trinajstić information content (AvgIpc) is 3.02. The molecule has 0 aliphatic carbocycles. The Hall–Kier alpha value is -1.90. The third kappa shape index (κ3) is 3.41. The normalized spacial score (nSPS) is 12.7. The number of carbonyl (C=O) groups is 2. The van der Waals surface area contributed by atoms with Crippen LogP contribution in [0.4, 0.5) is 0 Å². The molecule has 0 aromatic carbocycles. The number of rotatable bonds is 5. The molecule has 0 saturated carbocycles. The van der Waals surface area contributed by atoms with Crippen molar-refractivity contribution in [2.75, 3.05) is 13.7 Å². The molecule has 2 rings (SSSR count). The number of esters is 1. The molecule has 0 bridgehead atoms. The van der Waals surface area contributed by atoms with Gasteiger partial charge in [0.25, 0.3) is 0 Å². The summed E-state index contributed by atoms with van der Waals surface area (Å²) in [4.78, 5) is 27.8. The van der Waals surface area contributed by atoms with Crippen molar-refractivity contribution in [3.05, 3.63) is 28.5 Å². The number of ether oxygens (including phenoxy) is 1. The molecule has 2 aromatic rings. The summed E-state index contributed by atoms with van der Waals surface area (Å²) in [6.07, 6.45) is 4.47. The van der Waals surface area contributed by atoms with Crippen molar-refractivity contribution < 1.29 is 19.4 Å². The van der Waals surface area contributed by atoms with Gasteiger partial charge in [0, 0.05) is 17.7 Å². The summed E-state index contributed by atoms with van der Waals surface area (Å²) in [5, 5.41) is 13.5. The standard InChI is InChI=1S/C12H12ClN3O4S/c1-20-11(19)7(6-17)14-9(18)3-2-8-10(13)15-12-16(8)4-5-21-12/h2-5,7,17H,6H2,1H3,(H,14,18)/b3-2+. The Morgan fingerprint density at radius 1 is 1.67 bits per heavy atom. The van der Waals surface area contributed by atoms with Crippen LogP contribution in [0.3, 0.4) is 0 Å². The summed E-state index contributed by atoms with van der Waals surface area (Å²) in [5.74, 6) is -1.28. The topological polar surface area (TPSA) is 92.9 Å². The maximum absolute atomic E-state index is 11.7. The van der Waals surface area contributed by atoms with E-state index in [0.29, 0.717) is 10.7 Å². The zero-order chi connectivity index (χ0) is 15.4. The van der Waals surface area contributed by atoms with Crippen LogP contribution < -0.4 is 5.32 Å². The van der Waals surface area contributed by atoms with Gasteiger partial charge in [-0.05, 0) is 6.08 Å². The van der Waals surface area contributed by atoms with E-state index in [1.807, 2.05) is 5.38 Å². The minimum absolute atomic E-state index is 0.276. The minimum Gasteiger partial charge on any atom is -0.467 e. The summed E-state index contributed by atoms with van der Waals surface area (Å²) in [5.41, 5.74) is 0.557.